The molecule has 158 valence electrons. The average molecular weight is 429 g/mol. The normalized spacial score (nSPS) is 16.0. The first-order chi connectivity index (χ1) is 14.2. The number of aryl methyl sites for hydroxylation is 1. The Hall–Kier alpha value is -3.12. The van der Waals surface area contributed by atoms with Gasteiger partial charge in [0.15, 0.2) is 28.3 Å². The first kappa shape index (κ1) is 21.6. The van der Waals surface area contributed by atoms with Crippen LogP contribution in [0.1, 0.15) is 53.4 Å². The van der Waals surface area contributed by atoms with Gasteiger partial charge in [0.1, 0.15) is 5.56 Å². The minimum absolute atomic E-state index is 0.00421. The summed E-state index contributed by atoms with van der Waals surface area (Å²) in [6, 6.07) is 2.95. The van der Waals surface area contributed by atoms with Crippen LogP contribution in [0.4, 0.5) is 0 Å². The highest BCUT2D eigenvalue weighted by molar-refractivity contribution is 7.90. The van der Waals surface area contributed by atoms with Gasteiger partial charge in [0.05, 0.1) is 16.8 Å². The van der Waals surface area contributed by atoms with Crippen LogP contribution in [-0.4, -0.2) is 42.6 Å². The van der Waals surface area contributed by atoms with Crippen molar-refractivity contribution in [3.63, 3.8) is 0 Å². The monoisotopic (exact) mass is 429 g/mol. The Bertz CT molecular complexity index is 1170. The van der Waals surface area contributed by atoms with Gasteiger partial charge in [-0.2, -0.15) is 5.10 Å². The number of rotatable bonds is 7. The average Bonchev–Trinajstić information content (AvgIpc) is 3.30. The molecule has 0 aliphatic carbocycles. The van der Waals surface area contributed by atoms with Gasteiger partial charge >= 0.3 is 0 Å². The third kappa shape index (κ3) is 3.96. The Balaban J connectivity index is 2.13. The van der Waals surface area contributed by atoms with Crippen LogP contribution in [-0.2, 0) is 21.2 Å². The fraction of sp³-hybridized carbons (Fsp3) is 0.381. The molecule has 3 rings (SSSR count). The second-order valence-electron chi connectivity index (χ2n) is 7.05. The zero-order valence-corrected chi connectivity index (χ0v) is 18.1. The highest BCUT2D eigenvalue weighted by Gasteiger charge is 2.31. The molecule has 0 fully saturated rings. The third-order valence-electron chi connectivity index (χ3n) is 4.88. The van der Waals surface area contributed by atoms with Crippen molar-refractivity contribution in [3.8, 4) is 18.2 Å². The highest BCUT2D eigenvalue weighted by atomic mass is 32.2. The summed E-state index contributed by atoms with van der Waals surface area (Å²) in [5.41, 5.74) is 2.31. The Morgan fingerprint density at radius 2 is 2.10 bits per heavy atom. The van der Waals surface area contributed by atoms with Crippen LogP contribution in [0.2, 0.25) is 0 Å². The maximum atomic E-state index is 13.4. The van der Waals surface area contributed by atoms with Gasteiger partial charge in [-0.05, 0) is 38.5 Å². The minimum atomic E-state index is -3.54. The SMILES string of the molecule is C#CCOc1c(C(=O)c2ccc(S(C)(=O)=O)c(C3CC(C)=NO3)c2C)cnn1CC. The van der Waals surface area contributed by atoms with Crippen LogP contribution >= 0.6 is 0 Å². The zero-order valence-electron chi connectivity index (χ0n) is 17.3. The summed E-state index contributed by atoms with van der Waals surface area (Å²) >= 11 is 0. The molecule has 1 aromatic heterocycles. The summed E-state index contributed by atoms with van der Waals surface area (Å²) in [5.74, 6) is 2.32. The lowest BCUT2D eigenvalue weighted by molar-refractivity contribution is 0.0830. The lowest BCUT2D eigenvalue weighted by atomic mass is 9.92. The van der Waals surface area contributed by atoms with Crippen molar-refractivity contribution in [2.45, 2.75) is 44.7 Å². The largest absolute Gasteiger partial charge is 0.464 e. The molecule has 0 saturated carbocycles. The summed E-state index contributed by atoms with van der Waals surface area (Å²) in [4.78, 5) is 18.9. The van der Waals surface area contributed by atoms with E-state index in [1.54, 1.807) is 18.5 Å². The molecule has 2 heterocycles. The number of aromatic nitrogens is 2. The van der Waals surface area contributed by atoms with E-state index in [0.29, 0.717) is 29.7 Å². The molecule has 9 heteroatoms. The van der Waals surface area contributed by atoms with E-state index in [1.165, 1.54) is 18.3 Å². The number of sulfone groups is 1. The molecule has 0 N–H and O–H groups in total. The van der Waals surface area contributed by atoms with Gasteiger partial charge in [-0.3, -0.25) is 4.79 Å². The van der Waals surface area contributed by atoms with Gasteiger partial charge in [0.25, 0.3) is 0 Å². The maximum Gasteiger partial charge on any atom is 0.224 e. The number of hydrogen-bond acceptors (Lipinski definition) is 7. The molecule has 0 radical (unpaired) electrons. The molecule has 2 aromatic rings. The standard InChI is InChI=1S/C21H23N3O5S/c1-6-10-28-21-16(12-22-24(21)7-2)20(25)15-8-9-18(30(5,26)27)19(14(15)4)17-11-13(3)23-29-17/h1,8-9,12,17H,7,10-11H2,2-5H3. The lowest BCUT2D eigenvalue weighted by Gasteiger charge is -2.18. The van der Waals surface area contributed by atoms with Crippen molar-refractivity contribution in [3.05, 3.63) is 40.6 Å². The molecule has 1 aliphatic heterocycles. The van der Waals surface area contributed by atoms with Gasteiger partial charge in [-0.25, -0.2) is 13.1 Å². The topological polar surface area (TPSA) is 99.9 Å². The number of nitrogens with zero attached hydrogens (tertiary/aromatic N) is 3. The predicted octanol–water partition coefficient (Wildman–Crippen LogP) is 2.70. The Kier molecular flexibility index (Phi) is 5.99. The fourth-order valence-corrected chi connectivity index (χ4v) is 4.49. The van der Waals surface area contributed by atoms with Crippen molar-refractivity contribution in [2.24, 2.45) is 5.16 Å². The molecule has 8 nitrogen and oxygen atoms in total. The van der Waals surface area contributed by atoms with Crippen LogP contribution in [0.3, 0.4) is 0 Å². The van der Waals surface area contributed by atoms with Crippen molar-refractivity contribution in [1.29, 1.82) is 0 Å². The van der Waals surface area contributed by atoms with Crippen molar-refractivity contribution >= 4 is 21.3 Å². The Morgan fingerprint density at radius 1 is 1.37 bits per heavy atom. The fourth-order valence-electron chi connectivity index (χ4n) is 3.49. The van der Waals surface area contributed by atoms with E-state index in [9.17, 15) is 13.2 Å². The molecule has 1 aliphatic rings. The number of carbonyl (C=O) groups excluding carboxylic acids is 1. The molecular formula is C21H23N3O5S. The van der Waals surface area contributed by atoms with Gasteiger partial charge < -0.3 is 9.57 Å². The van der Waals surface area contributed by atoms with Crippen LogP contribution in [0, 0.1) is 19.3 Å². The van der Waals surface area contributed by atoms with Crippen LogP contribution < -0.4 is 4.74 Å². The van der Waals surface area contributed by atoms with Crippen molar-refractivity contribution in [2.75, 3.05) is 12.9 Å². The molecule has 0 spiro atoms. The number of benzene rings is 1. The molecule has 1 unspecified atom stereocenters. The van der Waals surface area contributed by atoms with Gasteiger partial charge in [-0.15, -0.1) is 6.42 Å². The van der Waals surface area contributed by atoms with Gasteiger partial charge in [0.2, 0.25) is 5.88 Å². The number of hydrogen-bond donors (Lipinski definition) is 0. The van der Waals surface area contributed by atoms with E-state index in [-0.39, 0.29) is 28.7 Å². The zero-order chi connectivity index (χ0) is 22.1. The molecular weight excluding hydrogens is 406 g/mol. The van der Waals surface area contributed by atoms with Gasteiger partial charge in [-0.1, -0.05) is 11.1 Å². The van der Waals surface area contributed by atoms with E-state index in [4.69, 9.17) is 16.0 Å². The van der Waals surface area contributed by atoms with E-state index in [2.05, 4.69) is 16.2 Å². The van der Waals surface area contributed by atoms with Crippen LogP contribution in [0.25, 0.3) is 0 Å². The smallest absolute Gasteiger partial charge is 0.224 e. The number of carbonyl (C=O) groups is 1. The van der Waals surface area contributed by atoms with E-state index in [1.807, 2.05) is 6.92 Å². The maximum absolute atomic E-state index is 13.4. The molecule has 1 atom stereocenters. The first-order valence-electron chi connectivity index (χ1n) is 9.38. The quantitative estimate of drug-likeness (QED) is 0.496. The third-order valence-corrected chi connectivity index (χ3v) is 6.04. The van der Waals surface area contributed by atoms with E-state index in [0.717, 1.165) is 12.0 Å². The summed E-state index contributed by atoms with van der Waals surface area (Å²) < 4.78 is 31.9. The molecule has 1 aromatic carbocycles. The minimum Gasteiger partial charge on any atom is -0.464 e. The van der Waals surface area contributed by atoms with E-state index >= 15 is 0 Å². The first-order valence-corrected chi connectivity index (χ1v) is 11.3. The summed E-state index contributed by atoms with van der Waals surface area (Å²) in [6.07, 6.45) is 7.73. The summed E-state index contributed by atoms with van der Waals surface area (Å²) in [6.45, 7) is 5.87. The number of terminal acetylenes is 1. The second-order valence-corrected chi connectivity index (χ2v) is 9.03. The van der Waals surface area contributed by atoms with Crippen LogP contribution in [0.15, 0.2) is 28.4 Å². The van der Waals surface area contributed by atoms with Gasteiger partial charge in [0, 0.05) is 30.3 Å². The molecule has 0 amide bonds. The predicted molar refractivity (Wildman–Crippen MR) is 112 cm³/mol. The van der Waals surface area contributed by atoms with E-state index < -0.39 is 15.9 Å². The summed E-state index contributed by atoms with van der Waals surface area (Å²) in [5, 5.41) is 8.13. The highest BCUT2D eigenvalue weighted by Crippen LogP contribution is 2.36. The number of ketones is 1. The van der Waals surface area contributed by atoms with Crippen LogP contribution in [0.5, 0.6) is 5.88 Å². The number of oxime groups is 1. The molecule has 0 bridgehead atoms. The summed E-state index contributed by atoms with van der Waals surface area (Å²) in [7, 11) is -3.54. The Morgan fingerprint density at radius 3 is 2.67 bits per heavy atom. The van der Waals surface area contributed by atoms with Crippen molar-refractivity contribution in [1.82, 2.24) is 9.78 Å². The van der Waals surface area contributed by atoms with Crippen molar-refractivity contribution < 1.29 is 22.8 Å². The Labute approximate surface area is 175 Å². The number of ether oxygens (including phenoxy) is 1. The molecule has 30 heavy (non-hydrogen) atoms. The lowest BCUT2D eigenvalue weighted by Crippen LogP contribution is -2.14. The second kappa shape index (κ2) is 8.32. The molecule has 0 saturated heterocycles.